The summed E-state index contributed by atoms with van der Waals surface area (Å²) in [5.41, 5.74) is 0.517. The maximum atomic E-state index is 13.1. The number of benzene rings is 2. The molecule has 0 aliphatic rings. The Morgan fingerprint density at radius 2 is 1.58 bits per heavy atom. The van der Waals surface area contributed by atoms with Gasteiger partial charge in [0.2, 0.25) is 0 Å². The van der Waals surface area contributed by atoms with Crippen LogP contribution in [-0.2, 0) is 9.59 Å². The number of amides is 2. The van der Waals surface area contributed by atoms with Gasteiger partial charge in [0, 0.05) is 23.5 Å². The lowest BCUT2D eigenvalue weighted by Gasteiger charge is -2.13. The average molecular weight is 361 g/mol. The molecule has 0 aliphatic heterocycles. The first-order chi connectivity index (χ1) is 12.3. The third kappa shape index (κ3) is 5.95. The lowest BCUT2D eigenvalue weighted by molar-refractivity contribution is -0.862. The molecule has 0 aliphatic carbocycles. The fourth-order valence-corrected chi connectivity index (χ4v) is 2.28. The summed E-state index contributed by atoms with van der Waals surface area (Å²) < 4.78 is 13.1. The lowest BCUT2D eigenvalue weighted by Crippen LogP contribution is -3.11. The van der Waals surface area contributed by atoms with Crippen LogP contribution < -0.4 is 15.5 Å². The molecule has 9 heteroatoms. The van der Waals surface area contributed by atoms with E-state index in [2.05, 4.69) is 10.6 Å². The number of nitrogens with zero attached hydrogens (tertiary/aromatic N) is 1. The summed E-state index contributed by atoms with van der Waals surface area (Å²) in [4.78, 5) is 34.7. The Kier molecular flexibility index (Phi) is 6.34. The molecule has 0 heterocycles. The zero-order valence-electron chi connectivity index (χ0n) is 14.0. The third-order valence-electron chi connectivity index (χ3n) is 3.37. The summed E-state index contributed by atoms with van der Waals surface area (Å²) in [6.07, 6.45) is 0. The summed E-state index contributed by atoms with van der Waals surface area (Å²) in [6.45, 7) is -0.0157. The first-order valence-electron chi connectivity index (χ1n) is 7.74. The highest BCUT2D eigenvalue weighted by Crippen LogP contribution is 2.16. The number of halogens is 1. The minimum absolute atomic E-state index is 0.00112. The maximum absolute atomic E-state index is 13.1. The molecular weight excluding hydrogens is 343 g/mol. The van der Waals surface area contributed by atoms with Gasteiger partial charge in [-0.2, -0.15) is 0 Å². The van der Waals surface area contributed by atoms with E-state index >= 15 is 0 Å². The highest BCUT2D eigenvalue weighted by molar-refractivity contribution is 5.93. The number of non-ortho nitro benzene ring substituents is 1. The maximum Gasteiger partial charge on any atom is 0.279 e. The summed E-state index contributed by atoms with van der Waals surface area (Å²) in [5, 5.41) is 15.8. The van der Waals surface area contributed by atoms with E-state index < -0.39 is 10.7 Å². The van der Waals surface area contributed by atoms with Gasteiger partial charge in [-0.15, -0.1) is 0 Å². The molecule has 2 rings (SSSR count). The highest BCUT2D eigenvalue weighted by atomic mass is 19.1. The molecule has 2 amide bonds. The topological polar surface area (TPSA) is 106 Å². The molecule has 0 radical (unpaired) electrons. The van der Waals surface area contributed by atoms with Gasteiger partial charge in [0.05, 0.1) is 12.0 Å². The van der Waals surface area contributed by atoms with Crippen LogP contribution in [-0.4, -0.2) is 36.9 Å². The Balaban J connectivity index is 1.84. The number of nitro groups is 1. The Hall–Kier alpha value is -3.33. The van der Waals surface area contributed by atoms with Gasteiger partial charge in [-0.3, -0.25) is 19.7 Å². The summed E-state index contributed by atoms with van der Waals surface area (Å²) in [5.74, 6) is -1.21. The molecule has 1 unspecified atom stereocenters. The predicted octanol–water partition coefficient (Wildman–Crippen LogP) is 0.826. The Morgan fingerprint density at radius 3 is 2.12 bits per heavy atom. The van der Waals surface area contributed by atoms with Crippen molar-refractivity contribution in [2.24, 2.45) is 0 Å². The van der Waals surface area contributed by atoms with E-state index in [1.807, 2.05) is 0 Å². The molecule has 0 saturated carbocycles. The van der Waals surface area contributed by atoms with Gasteiger partial charge in [-0.1, -0.05) is 12.1 Å². The second kappa shape index (κ2) is 8.67. The normalized spacial score (nSPS) is 11.5. The van der Waals surface area contributed by atoms with Gasteiger partial charge in [-0.05, 0) is 24.3 Å². The van der Waals surface area contributed by atoms with Crippen LogP contribution in [0.25, 0.3) is 0 Å². The van der Waals surface area contributed by atoms with Crippen LogP contribution in [0.15, 0.2) is 48.5 Å². The van der Waals surface area contributed by atoms with Crippen molar-refractivity contribution in [1.82, 2.24) is 0 Å². The Morgan fingerprint density at radius 1 is 1.04 bits per heavy atom. The van der Waals surface area contributed by atoms with Gasteiger partial charge in [0.25, 0.3) is 17.5 Å². The minimum atomic E-state index is -0.552. The van der Waals surface area contributed by atoms with E-state index in [1.54, 1.807) is 13.1 Å². The quantitative estimate of drug-likeness (QED) is 0.502. The van der Waals surface area contributed by atoms with E-state index in [1.165, 1.54) is 42.5 Å². The fraction of sp³-hybridized carbons (Fsp3) is 0.176. The van der Waals surface area contributed by atoms with Crippen LogP contribution in [0.2, 0.25) is 0 Å². The molecule has 0 saturated heterocycles. The molecular formula is C17H18FN4O4+. The predicted molar refractivity (Wildman–Crippen MR) is 93.4 cm³/mol. The molecule has 3 N–H and O–H groups in total. The minimum Gasteiger partial charge on any atom is -0.322 e. The van der Waals surface area contributed by atoms with Crippen LogP contribution >= 0.6 is 0 Å². The van der Waals surface area contributed by atoms with Gasteiger partial charge >= 0.3 is 0 Å². The van der Waals surface area contributed by atoms with Crippen molar-refractivity contribution in [1.29, 1.82) is 0 Å². The molecule has 0 aromatic heterocycles. The van der Waals surface area contributed by atoms with E-state index in [9.17, 15) is 24.1 Å². The van der Waals surface area contributed by atoms with Crippen molar-refractivity contribution in [3.8, 4) is 0 Å². The van der Waals surface area contributed by atoms with E-state index in [0.717, 1.165) is 0 Å². The number of quaternary nitrogens is 1. The molecule has 136 valence electrons. The molecule has 0 bridgehead atoms. The van der Waals surface area contributed by atoms with Crippen LogP contribution in [0.4, 0.5) is 21.5 Å². The molecule has 8 nitrogen and oxygen atoms in total. The first-order valence-corrected chi connectivity index (χ1v) is 7.74. The van der Waals surface area contributed by atoms with E-state index in [0.29, 0.717) is 16.3 Å². The smallest absolute Gasteiger partial charge is 0.279 e. The number of carbonyl (C=O) groups excluding carboxylic acids is 2. The first kappa shape index (κ1) is 19.0. The molecule has 2 aromatic rings. The van der Waals surface area contributed by atoms with Crippen LogP contribution in [0.5, 0.6) is 0 Å². The number of hydrogen-bond donors (Lipinski definition) is 3. The standard InChI is InChI=1S/C17H17FN4O4/c1-21(10-16(23)19-13-5-2-4-12(18)8-13)11-17(24)20-14-6-3-7-15(9-14)22(25)26/h2-9H,10-11H2,1H3,(H,19,23)(H,20,24)/p+1. The molecule has 1 atom stereocenters. The second-order valence-electron chi connectivity index (χ2n) is 5.72. The molecule has 26 heavy (non-hydrogen) atoms. The highest BCUT2D eigenvalue weighted by Gasteiger charge is 2.15. The van der Waals surface area contributed by atoms with Gasteiger partial charge in [0.15, 0.2) is 13.1 Å². The number of rotatable bonds is 7. The van der Waals surface area contributed by atoms with Crippen molar-refractivity contribution in [3.63, 3.8) is 0 Å². The van der Waals surface area contributed by atoms with E-state index in [4.69, 9.17) is 0 Å². The second-order valence-corrected chi connectivity index (χ2v) is 5.72. The van der Waals surface area contributed by atoms with Crippen molar-refractivity contribution >= 4 is 28.9 Å². The number of anilines is 2. The lowest BCUT2D eigenvalue weighted by atomic mass is 10.3. The fourth-order valence-electron chi connectivity index (χ4n) is 2.28. The zero-order chi connectivity index (χ0) is 19.1. The SMILES string of the molecule is C[NH+](CC(=O)Nc1cccc(F)c1)CC(=O)Nc1cccc([N+](=O)[O-])c1. The number of nitrogens with one attached hydrogen (secondary N) is 3. The summed E-state index contributed by atoms with van der Waals surface area (Å²) >= 11 is 0. The average Bonchev–Trinajstić information content (AvgIpc) is 2.54. The molecule has 0 fully saturated rings. The number of nitro benzene ring substituents is 1. The largest absolute Gasteiger partial charge is 0.322 e. The van der Waals surface area contributed by atoms with Crippen LogP contribution in [0.1, 0.15) is 0 Å². The summed E-state index contributed by atoms with van der Waals surface area (Å²) in [6, 6.07) is 11.1. The van der Waals surface area contributed by atoms with E-state index in [-0.39, 0.29) is 30.6 Å². The number of hydrogen-bond acceptors (Lipinski definition) is 4. The van der Waals surface area contributed by atoms with Crippen LogP contribution in [0, 0.1) is 15.9 Å². The number of carbonyl (C=O) groups is 2. The van der Waals surface area contributed by atoms with Gasteiger partial charge in [0.1, 0.15) is 5.82 Å². The zero-order valence-corrected chi connectivity index (χ0v) is 14.0. The Labute approximate surface area is 148 Å². The van der Waals surface area contributed by atoms with Gasteiger partial charge in [-0.25, -0.2) is 4.39 Å². The molecule has 0 spiro atoms. The monoisotopic (exact) mass is 361 g/mol. The van der Waals surface area contributed by atoms with Crippen molar-refractivity contribution in [2.75, 3.05) is 30.8 Å². The van der Waals surface area contributed by atoms with Crippen molar-refractivity contribution in [2.45, 2.75) is 0 Å². The van der Waals surface area contributed by atoms with Crippen molar-refractivity contribution in [3.05, 3.63) is 64.5 Å². The van der Waals surface area contributed by atoms with Crippen molar-refractivity contribution < 1.29 is 23.8 Å². The number of likely N-dealkylation sites (N-methyl/N-ethyl adjacent to an activating group) is 1. The summed E-state index contributed by atoms with van der Waals surface area (Å²) in [7, 11) is 1.65. The molecule has 2 aromatic carbocycles. The third-order valence-corrected chi connectivity index (χ3v) is 3.37. The Bertz CT molecular complexity index is 828. The van der Waals surface area contributed by atoms with Crippen LogP contribution in [0.3, 0.4) is 0 Å². The van der Waals surface area contributed by atoms with Gasteiger partial charge < -0.3 is 15.5 Å².